The van der Waals surface area contributed by atoms with E-state index in [0.717, 1.165) is 0 Å². The van der Waals surface area contributed by atoms with Crippen LogP contribution < -0.4 is 10.6 Å². The smallest absolute Gasteiger partial charge is 0.338 e. The zero-order valence-electron chi connectivity index (χ0n) is 10.2. The molecule has 0 aromatic carbocycles. The maximum absolute atomic E-state index is 11.4. The van der Waals surface area contributed by atoms with Crippen LogP contribution in [-0.4, -0.2) is 29.9 Å². The first kappa shape index (κ1) is 13.6. The maximum atomic E-state index is 11.4. The number of aromatic nitrogens is 1. The molecule has 96 valence electrons. The third-order valence-electron chi connectivity index (χ3n) is 1.85. The zero-order chi connectivity index (χ0) is 13.7. The lowest BCUT2D eigenvalue weighted by molar-refractivity contribution is -0.115. The number of nitrogens with one attached hydrogen (secondary N) is 2. The number of esters is 1. The Balaban J connectivity index is 3.14. The van der Waals surface area contributed by atoms with Crippen molar-refractivity contribution in [2.75, 3.05) is 17.7 Å². The van der Waals surface area contributed by atoms with Gasteiger partial charge in [0, 0.05) is 13.8 Å². The molecule has 0 aliphatic rings. The van der Waals surface area contributed by atoms with Crippen LogP contribution in [-0.2, 0) is 14.3 Å². The molecule has 1 aromatic rings. The van der Waals surface area contributed by atoms with Gasteiger partial charge in [-0.2, -0.15) is 0 Å². The average Bonchev–Trinajstić information content (AvgIpc) is 2.25. The molecule has 0 radical (unpaired) electrons. The largest absolute Gasteiger partial charge is 0.465 e. The lowest BCUT2D eigenvalue weighted by Gasteiger charge is -2.08. The molecule has 0 unspecified atom stereocenters. The van der Waals surface area contributed by atoms with Crippen molar-refractivity contribution in [1.29, 1.82) is 0 Å². The van der Waals surface area contributed by atoms with E-state index in [1.165, 1.54) is 33.1 Å². The number of pyridine rings is 1. The van der Waals surface area contributed by atoms with E-state index in [0.29, 0.717) is 0 Å². The molecule has 1 rings (SSSR count). The number of nitrogens with zero attached hydrogens (tertiary/aromatic N) is 1. The molecule has 18 heavy (non-hydrogen) atoms. The van der Waals surface area contributed by atoms with E-state index in [-0.39, 0.29) is 29.0 Å². The van der Waals surface area contributed by atoms with Crippen molar-refractivity contribution in [3.05, 3.63) is 17.7 Å². The molecule has 7 heteroatoms. The van der Waals surface area contributed by atoms with Crippen molar-refractivity contribution in [2.24, 2.45) is 0 Å². The summed E-state index contributed by atoms with van der Waals surface area (Å²) < 4.78 is 4.56. The third-order valence-corrected chi connectivity index (χ3v) is 1.85. The minimum absolute atomic E-state index is 0.161. The van der Waals surface area contributed by atoms with Crippen LogP contribution in [0.1, 0.15) is 24.2 Å². The van der Waals surface area contributed by atoms with Gasteiger partial charge in [0.25, 0.3) is 0 Å². The number of carbonyl (C=O) groups is 3. The van der Waals surface area contributed by atoms with Gasteiger partial charge in [0.1, 0.15) is 11.6 Å². The Morgan fingerprint density at radius 1 is 1.06 bits per heavy atom. The highest BCUT2D eigenvalue weighted by Gasteiger charge is 2.11. The van der Waals surface area contributed by atoms with Gasteiger partial charge in [0.2, 0.25) is 11.8 Å². The Labute approximate surface area is 104 Å². The van der Waals surface area contributed by atoms with E-state index in [1.54, 1.807) is 0 Å². The van der Waals surface area contributed by atoms with E-state index >= 15 is 0 Å². The highest BCUT2D eigenvalue weighted by Crippen LogP contribution is 2.15. The minimum atomic E-state index is -0.587. The minimum Gasteiger partial charge on any atom is -0.465 e. The first-order chi connectivity index (χ1) is 8.42. The summed E-state index contributed by atoms with van der Waals surface area (Å²) in [5.41, 5.74) is 0.181. The number of ether oxygens (including phenoxy) is 1. The van der Waals surface area contributed by atoms with Gasteiger partial charge in [0.05, 0.1) is 12.7 Å². The fourth-order valence-corrected chi connectivity index (χ4v) is 1.26. The molecule has 0 saturated heterocycles. The summed E-state index contributed by atoms with van der Waals surface area (Å²) in [4.78, 5) is 37.3. The first-order valence-corrected chi connectivity index (χ1v) is 5.08. The molecule has 0 spiro atoms. The second-order valence-corrected chi connectivity index (χ2v) is 3.48. The number of carbonyl (C=O) groups excluding carboxylic acids is 3. The number of amides is 2. The summed E-state index contributed by atoms with van der Waals surface area (Å²) >= 11 is 0. The summed E-state index contributed by atoms with van der Waals surface area (Å²) in [6, 6.07) is 2.72. The fourth-order valence-electron chi connectivity index (χ4n) is 1.26. The average molecular weight is 251 g/mol. The maximum Gasteiger partial charge on any atom is 0.338 e. The van der Waals surface area contributed by atoms with Gasteiger partial charge in [-0.15, -0.1) is 0 Å². The van der Waals surface area contributed by atoms with E-state index in [4.69, 9.17) is 0 Å². The Morgan fingerprint density at radius 2 is 1.50 bits per heavy atom. The van der Waals surface area contributed by atoms with Crippen LogP contribution in [0.2, 0.25) is 0 Å². The van der Waals surface area contributed by atoms with Gasteiger partial charge >= 0.3 is 5.97 Å². The van der Waals surface area contributed by atoms with E-state index < -0.39 is 5.97 Å². The van der Waals surface area contributed by atoms with Crippen molar-refractivity contribution >= 4 is 29.4 Å². The summed E-state index contributed by atoms with van der Waals surface area (Å²) in [5.74, 6) is -0.935. The molecule has 0 aliphatic carbocycles. The van der Waals surface area contributed by atoms with Gasteiger partial charge in [0.15, 0.2) is 0 Å². The lowest BCUT2D eigenvalue weighted by Crippen LogP contribution is -2.13. The second kappa shape index (κ2) is 5.76. The Kier molecular flexibility index (Phi) is 4.36. The monoisotopic (exact) mass is 251 g/mol. The van der Waals surface area contributed by atoms with Crippen molar-refractivity contribution in [1.82, 2.24) is 4.98 Å². The standard InChI is InChI=1S/C11H13N3O4/c1-6(15)12-9-4-8(11(17)18-3)5-10(14-9)13-7(2)16/h4-5H,1-3H3,(H2,12,13,14,15,16). The highest BCUT2D eigenvalue weighted by molar-refractivity contribution is 5.95. The molecule has 0 aliphatic heterocycles. The number of hydrogen-bond acceptors (Lipinski definition) is 5. The van der Waals surface area contributed by atoms with Crippen LogP contribution in [0.15, 0.2) is 12.1 Å². The van der Waals surface area contributed by atoms with E-state index in [1.807, 2.05) is 0 Å². The molecule has 2 N–H and O–H groups in total. The van der Waals surface area contributed by atoms with Crippen LogP contribution in [0.3, 0.4) is 0 Å². The summed E-state index contributed by atoms with van der Waals surface area (Å²) in [5, 5.41) is 4.86. The molecule has 0 fully saturated rings. The van der Waals surface area contributed by atoms with Gasteiger partial charge in [-0.25, -0.2) is 9.78 Å². The van der Waals surface area contributed by atoms with E-state index in [2.05, 4.69) is 20.4 Å². The van der Waals surface area contributed by atoms with Crippen LogP contribution >= 0.6 is 0 Å². The quantitative estimate of drug-likeness (QED) is 0.774. The molecule has 0 atom stereocenters. The fraction of sp³-hybridized carbons (Fsp3) is 0.273. The van der Waals surface area contributed by atoms with Crippen molar-refractivity contribution in [3.63, 3.8) is 0 Å². The molecule has 1 heterocycles. The van der Waals surface area contributed by atoms with Gasteiger partial charge in [-0.3, -0.25) is 9.59 Å². The lowest BCUT2D eigenvalue weighted by atomic mass is 10.2. The van der Waals surface area contributed by atoms with Crippen LogP contribution in [0.25, 0.3) is 0 Å². The summed E-state index contributed by atoms with van der Waals surface area (Å²) in [7, 11) is 1.24. The number of hydrogen-bond donors (Lipinski definition) is 2. The predicted octanol–water partition coefficient (Wildman–Crippen LogP) is 0.785. The van der Waals surface area contributed by atoms with E-state index in [9.17, 15) is 14.4 Å². The number of rotatable bonds is 3. The third kappa shape index (κ3) is 3.85. The SMILES string of the molecule is COC(=O)c1cc(NC(C)=O)nc(NC(C)=O)c1. The Hall–Kier alpha value is -2.44. The summed E-state index contributed by atoms with van der Waals surface area (Å²) in [6.45, 7) is 2.62. The van der Waals surface area contributed by atoms with Crippen LogP contribution in [0, 0.1) is 0 Å². The summed E-state index contributed by atoms with van der Waals surface area (Å²) in [6.07, 6.45) is 0. The van der Waals surface area contributed by atoms with Crippen molar-refractivity contribution in [3.8, 4) is 0 Å². The second-order valence-electron chi connectivity index (χ2n) is 3.48. The molecular weight excluding hydrogens is 238 g/mol. The van der Waals surface area contributed by atoms with Crippen molar-refractivity contribution in [2.45, 2.75) is 13.8 Å². The molecule has 1 aromatic heterocycles. The van der Waals surface area contributed by atoms with Gasteiger partial charge in [-0.05, 0) is 12.1 Å². The Morgan fingerprint density at radius 3 is 1.83 bits per heavy atom. The van der Waals surface area contributed by atoms with Gasteiger partial charge in [-0.1, -0.05) is 0 Å². The zero-order valence-corrected chi connectivity index (χ0v) is 10.2. The predicted molar refractivity (Wildman–Crippen MR) is 64.2 cm³/mol. The molecule has 0 saturated carbocycles. The molecule has 0 bridgehead atoms. The van der Waals surface area contributed by atoms with Gasteiger partial charge < -0.3 is 15.4 Å². The van der Waals surface area contributed by atoms with Crippen molar-refractivity contribution < 1.29 is 19.1 Å². The highest BCUT2D eigenvalue weighted by atomic mass is 16.5. The molecular formula is C11H13N3O4. The Bertz CT molecular complexity index is 465. The van der Waals surface area contributed by atoms with Crippen LogP contribution in [0.5, 0.6) is 0 Å². The molecule has 7 nitrogen and oxygen atoms in total. The first-order valence-electron chi connectivity index (χ1n) is 5.08. The molecule has 2 amide bonds. The number of methoxy groups -OCH3 is 1. The number of anilines is 2. The normalized spacial score (nSPS) is 9.50. The topological polar surface area (TPSA) is 97.4 Å². The van der Waals surface area contributed by atoms with Crippen LogP contribution in [0.4, 0.5) is 11.6 Å².